The third-order valence-corrected chi connectivity index (χ3v) is 4.49. The molecule has 0 aliphatic rings. The van der Waals surface area contributed by atoms with Crippen LogP contribution in [-0.2, 0) is 9.53 Å². The third-order valence-electron chi connectivity index (χ3n) is 3.94. The minimum atomic E-state index is -0.791. The van der Waals surface area contributed by atoms with Gasteiger partial charge in [-0.3, -0.25) is 4.79 Å². The Morgan fingerprint density at radius 3 is 2.23 bits per heavy atom. The maximum absolute atomic E-state index is 12.6. The predicted molar refractivity (Wildman–Crippen MR) is 104 cm³/mol. The summed E-state index contributed by atoms with van der Waals surface area (Å²) in [4.78, 5) is 25.1. The lowest BCUT2D eigenvalue weighted by molar-refractivity contribution is -0.152. The van der Waals surface area contributed by atoms with E-state index in [4.69, 9.17) is 27.9 Å². The predicted octanol–water partition coefficient (Wildman–Crippen LogP) is 5.05. The molecule has 0 saturated carbocycles. The van der Waals surface area contributed by atoms with Gasteiger partial charge in [-0.05, 0) is 36.6 Å². The molecule has 0 unspecified atom stereocenters. The SMILES string of the molecule is CC(C)[C@H](NC(=O)c1ccc(Cl)cc1Cl)C(=O)O[C@H](C)c1ccccc1. The molecule has 0 spiro atoms. The molecule has 1 amide bonds. The molecule has 138 valence electrons. The summed E-state index contributed by atoms with van der Waals surface area (Å²) >= 11 is 11.9. The van der Waals surface area contributed by atoms with Gasteiger partial charge in [0.15, 0.2) is 0 Å². The Kier molecular flexibility index (Phi) is 7.06. The lowest BCUT2D eigenvalue weighted by Crippen LogP contribution is -2.45. The van der Waals surface area contributed by atoms with Crippen LogP contribution in [0.4, 0.5) is 0 Å². The van der Waals surface area contributed by atoms with Gasteiger partial charge in [0.25, 0.3) is 5.91 Å². The summed E-state index contributed by atoms with van der Waals surface area (Å²) in [6.07, 6.45) is -0.416. The zero-order valence-electron chi connectivity index (χ0n) is 14.8. The number of nitrogens with one attached hydrogen (secondary N) is 1. The Morgan fingerprint density at radius 1 is 1.00 bits per heavy atom. The fraction of sp³-hybridized carbons (Fsp3) is 0.300. The van der Waals surface area contributed by atoms with Gasteiger partial charge in [0, 0.05) is 5.02 Å². The minimum Gasteiger partial charge on any atom is -0.456 e. The topological polar surface area (TPSA) is 55.4 Å². The molecule has 2 rings (SSSR count). The number of benzene rings is 2. The van der Waals surface area contributed by atoms with Gasteiger partial charge in [0.05, 0.1) is 10.6 Å². The molecular weight excluding hydrogens is 373 g/mol. The second-order valence-electron chi connectivity index (χ2n) is 6.31. The Labute approximate surface area is 163 Å². The molecule has 0 heterocycles. The normalized spacial score (nSPS) is 13.2. The van der Waals surface area contributed by atoms with Crippen molar-refractivity contribution < 1.29 is 14.3 Å². The summed E-state index contributed by atoms with van der Waals surface area (Å²) in [6, 6.07) is 13.2. The summed E-state index contributed by atoms with van der Waals surface area (Å²) in [6.45, 7) is 5.47. The van der Waals surface area contributed by atoms with E-state index in [9.17, 15) is 9.59 Å². The highest BCUT2D eigenvalue weighted by molar-refractivity contribution is 6.36. The minimum absolute atomic E-state index is 0.152. The largest absolute Gasteiger partial charge is 0.456 e. The van der Waals surface area contributed by atoms with Crippen LogP contribution in [0.5, 0.6) is 0 Å². The smallest absolute Gasteiger partial charge is 0.329 e. The lowest BCUT2D eigenvalue weighted by Gasteiger charge is -2.23. The Hall–Kier alpha value is -2.04. The fourth-order valence-corrected chi connectivity index (χ4v) is 2.92. The molecule has 0 aliphatic heterocycles. The average Bonchev–Trinajstić information content (AvgIpc) is 2.59. The number of ether oxygens (including phenoxy) is 1. The van der Waals surface area contributed by atoms with E-state index in [1.165, 1.54) is 12.1 Å². The lowest BCUT2D eigenvalue weighted by atomic mass is 10.0. The van der Waals surface area contributed by atoms with Crippen molar-refractivity contribution in [3.8, 4) is 0 Å². The first-order valence-electron chi connectivity index (χ1n) is 8.31. The van der Waals surface area contributed by atoms with Gasteiger partial charge in [-0.15, -0.1) is 0 Å². The molecule has 4 nitrogen and oxygen atoms in total. The number of rotatable bonds is 6. The van der Waals surface area contributed by atoms with Crippen LogP contribution in [0.1, 0.15) is 42.8 Å². The van der Waals surface area contributed by atoms with Gasteiger partial charge >= 0.3 is 5.97 Å². The molecule has 0 saturated heterocycles. The van der Waals surface area contributed by atoms with E-state index in [1.54, 1.807) is 13.0 Å². The van der Waals surface area contributed by atoms with Crippen LogP contribution in [0.2, 0.25) is 10.0 Å². The summed E-state index contributed by atoms with van der Waals surface area (Å²) in [7, 11) is 0. The second kappa shape index (κ2) is 9.06. The number of hydrogen-bond acceptors (Lipinski definition) is 3. The van der Waals surface area contributed by atoms with E-state index < -0.39 is 24.0 Å². The number of esters is 1. The molecule has 0 aromatic heterocycles. The highest BCUT2D eigenvalue weighted by Crippen LogP contribution is 2.22. The molecule has 2 aromatic rings. The van der Waals surface area contributed by atoms with Gasteiger partial charge in [-0.25, -0.2) is 4.79 Å². The van der Waals surface area contributed by atoms with Crippen molar-refractivity contribution in [2.45, 2.75) is 32.9 Å². The molecule has 2 aromatic carbocycles. The maximum atomic E-state index is 12.6. The molecule has 1 N–H and O–H groups in total. The quantitative estimate of drug-likeness (QED) is 0.698. The Balaban J connectivity index is 2.10. The van der Waals surface area contributed by atoms with E-state index >= 15 is 0 Å². The first kappa shape index (κ1) is 20.3. The molecule has 0 fully saturated rings. The molecule has 0 bridgehead atoms. The van der Waals surface area contributed by atoms with Gasteiger partial charge < -0.3 is 10.1 Å². The highest BCUT2D eigenvalue weighted by atomic mass is 35.5. The Bertz CT molecular complexity index is 778. The summed E-state index contributed by atoms with van der Waals surface area (Å²) in [5, 5.41) is 3.37. The first-order chi connectivity index (χ1) is 12.3. The van der Waals surface area contributed by atoms with Crippen LogP contribution in [-0.4, -0.2) is 17.9 Å². The zero-order valence-corrected chi connectivity index (χ0v) is 16.3. The van der Waals surface area contributed by atoms with Crippen molar-refractivity contribution in [2.24, 2.45) is 5.92 Å². The van der Waals surface area contributed by atoms with Gasteiger partial charge in [0.1, 0.15) is 12.1 Å². The molecule has 0 radical (unpaired) electrons. The van der Waals surface area contributed by atoms with Gasteiger partial charge in [0.2, 0.25) is 0 Å². The van der Waals surface area contributed by atoms with E-state index in [-0.39, 0.29) is 16.5 Å². The summed E-state index contributed by atoms with van der Waals surface area (Å²) in [5.74, 6) is -1.09. The molecule has 2 atom stereocenters. The van der Waals surface area contributed by atoms with Crippen molar-refractivity contribution in [2.75, 3.05) is 0 Å². The van der Waals surface area contributed by atoms with Gasteiger partial charge in [-0.2, -0.15) is 0 Å². The molecule has 6 heteroatoms. The van der Waals surface area contributed by atoms with E-state index in [2.05, 4.69) is 5.32 Å². The van der Waals surface area contributed by atoms with Crippen molar-refractivity contribution in [1.29, 1.82) is 0 Å². The number of carbonyl (C=O) groups excluding carboxylic acids is 2. The van der Waals surface area contributed by atoms with E-state index in [1.807, 2.05) is 44.2 Å². The monoisotopic (exact) mass is 393 g/mol. The number of amides is 1. The summed E-state index contributed by atoms with van der Waals surface area (Å²) < 4.78 is 5.54. The molecule has 26 heavy (non-hydrogen) atoms. The van der Waals surface area contributed by atoms with Gasteiger partial charge in [-0.1, -0.05) is 67.4 Å². The van der Waals surface area contributed by atoms with Crippen molar-refractivity contribution >= 4 is 35.1 Å². The van der Waals surface area contributed by atoms with E-state index in [0.717, 1.165) is 5.56 Å². The van der Waals surface area contributed by atoms with Crippen LogP contribution in [0.25, 0.3) is 0 Å². The maximum Gasteiger partial charge on any atom is 0.329 e. The highest BCUT2D eigenvalue weighted by Gasteiger charge is 2.28. The number of carbonyl (C=O) groups is 2. The van der Waals surface area contributed by atoms with Crippen molar-refractivity contribution in [3.05, 3.63) is 69.7 Å². The standard InChI is InChI=1S/C20H21Cl2NO3/c1-12(2)18(20(25)26-13(3)14-7-5-4-6-8-14)23-19(24)16-10-9-15(21)11-17(16)22/h4-13,18H,1-3H3,(H,23,24)/t13-,18+/m1/s1. The molecule has 0 aliphatic carbocycles. The fourth-order valence-electron chi connectivity index (χ4n) is 2.43. The first-order valence-corrected chi connectivity index (χ1v) is 9.06. The van der Waals surface area contributed by atoms with Crippen molar-refractivity contribution in [3.63, 3.8) is 0 Å². The average molecular weight is 394 g/mol. The van der Waals surface area contributed by atoms with Crippen LogP contribution in [0.15, 0.2) is 48.5 Å². The van der Waals surface area contributed by atoms with E-state index in [0.29, 0.717) is 5.02 Å². The van der Waals surface area contributed by atoms with Crippen LogP contribution < -0.4 is 5.32 Å². The van der Waals surface area contributed by atoms with Crippen LogP contribution in [0, 0.1) is 5.92 Å². The van der Waals surface area contributed by atoms with Crippen LogP contribution >= 0.6 is 23.2 Å². The van der Waals surface area contributed by atoms with Crippen molar-refractivity contribution in [1.82, 2.24) is 5.32 Å². The summed E-state index contributed by atoms with van der Waals surface area (Å²) in [5.41, 5.74) is 1.14. The van der Waals surface area contributed by atoms with Crippen LogP contribution in [0.3, 0.4) is 0 Å². The second-order valence-corrected chi connectivity index (χ2v) is 7.15. The molecular formula is C20H21Cl2NO3. The number of hydrogen-bond donors (Lipinski definition) is 1. The number of halogens is 2. The third kappa shape index (κ3) is 5.23. The zero-order chi connectivity index (χ0) is 19.3. The Morgan fingerprint density at radius 2 is 1.65 bits per heavy atom.